The highest BCUT2D eigenvalue weighted by Crippen LogP contribution is 2.35. The van der Waals surface area contributed by atoms with Crippen LogP contribution in [0.4, 0.5) is 23.1 Å². The molecular formula is C20H21N7O2. The third-order valence-electron chi connectivity index (χ3n) is 4.47. The van der Waals surface area contributed by atoms with Crippen LogP contribution in [-0.4, -0.2) is 46.5 Å². The van der Waals surface area contributed by atoms with Gasteiger partial charge >= 0.3 is 0 Å². The summed E-state index contributed by atoms with van der Waals surface area (Å²) < 4.78 is 5.42. The number of rotatable bonds is 6. The molecule has 9 heteroatoms. The van der Waals surface area contributed by atoms with E-state index in [1.54, 1.807) is 0 Å². The highest BCUT2D eigenvalue weighted by molar-refractivity contribution is 5.79. The predicted molar refractivity (Wildman–Crippen MR) is 112 cm³/mol. The van der Waals surface area contributed by atoms with Crippen molar-refractivity contribution < 1.29 is 4.74 Å². The lowest BCUT2D eigenvalue weighted by molar-refractivity contribution is 0.122. The minimum atomic E-state index is 0.163. The largest absolute Gasteiger partial charge is 0.378 e. The van der Waals surface area contributed by atoms with E-state index in [1.165, 1.54) is 0 Å². The third-order valence-corrected chi connectivity index (χ3v) is 4.47. The molecule has 1 aliphatic rings. The Balaban J connectivity index is 1.74. The lowest BCUT2D eigenvalue weighted by Crippen LogP contribution is -2.37. The van der Waals surface area contributed by atoms with Crippen LogP contribution >= 0.6 is 0 Å². The molecule has 0 radical (unpaired) electrons. The van der Waals surface area contributed by atoms with Gasteiger partial charge in [0.2, 0.25) is 0 Å². The van der Waals surface area contributed by atoms with Crippen LogP contribution in [0.15, 0.2) is 41.6 Å². The van der Waals surface area contributed by atoms with Crippen LogP contribution < -0.4 is 10.2 Å². The van der Waals surface area contributed by atoms with E-state index in [0.29, 0.717) is 49.6 Å². The Morgan fingerprint density at radius 2 is 1.97 bits per heavy atom. The Labute approximate surface area is 167 Å². The molecule has 1 fully saturated rings. The molecule has 9 nitrogen and oxygen atoms in total. The van der Waals surface area contributed by atoms with Gasteiger partial charge in [-0.15, -0.1) is 4.91 Å². The SMILES string of the molecule is Cc1cc(Nc2nc(/C=C/c3ccccc3)nc(N3CCOCC3)c2N=O)[nH]n1. The number of nitroso groups, excluding NO2 is 1. The first-order valence-electron chi connectivity index (χ1n) is 9.33. The molecule has 1 aromatic carbocycles. The first-order chi connectivity index (χ1) is 14.2. The number of hydrogen-bond donors (Lipinski definition) is 2. The summed E-state index contributed by atoms with van der Waals surface area (Å²) in [5.41, 5.74) is 2.01. The number of morpholine rings is 1. The van der Waals surface area contributed by atoms with Crippen molar-refractivity contribution in [3.63, 3.8) is 0 Å². The van der Waals surface area contributed by atoms with Crippen molar-refractivity contribution in [2.24, 2.45) is 5.18 Å². The number of benzene rings is 1. The zero-order valence-electron chi connectivity index (χ0n) is 16.0. The molecule has 2 N–H and O–H groups in total. The molecule has 0 bridgehead atoms. The zero-order chi connectivity index (χ0) is 20.1. The number of H-pyrrole nitrogens is 1. The second kappa shape index (κ2) is 8.61. The fourth-order valence-electron chi connectivity index (χ4n) is 3.05. The Morgan fingerprint density at radius 1 is 1.17 bits per heavy atom. The summed E-state index contributed by atoms with van der Waals surface area (Å²) in [5, 5.41) is 13.3. The maximum absolute atomic E-state index is 11.7. The minimum absolute atomic E-state index is 0.163. The smallest absolute Gasteiger partial charge is 0.193 e. The second-order valence-electron chi connectivity index (χ2n) is 6.59. The van der Waals surface area contributed by atoms with E-state index in [-0.39, 0.29) is 5.69 Å². The Kier molecular flexibility index (Phi) is 5.57. The molecule has 0 unspecified atom stereocenters. The zero-order valence-corrected chi connectivity index (χ0v) is 16.0. The third kappa shape index (κ3) is 4.46. The van der Waals surface area contributed by atoms with Gasteiger partial charge in [0.1, 0.15) is 5.82 Å². The average molecular weight is 391 g/mol. The van der Waals surface area contributed by atoms with Crippen molar-refractivity contribution in [1.82, 2.24) is 20.2 Å². The van der Waals surface area contributed by atoms with Crippen molar-refractivity contribution in [2.75, 3.05) is 36.5 Å². The molecule has 3 heterocycles. The summed E-state index contributed by atoms with van der Waals surface area (Å²) in [5.74, 6) is 1.91. The summed E-state index contributed by atoms with van der Waals surface area (Å²) >= 11 is 0. The molecule has 0 saturated carbocycles. The summed E-state index contributed by atoms with van der Waals surface area (Å²) in [4.78, 5) is 22.8. The number of aromatic amines is 1. The van der Waals surface area contributed by atoms with Crippen LogP contribution in [-0.2, 0) is 4.74 Å². The van der Waals surface area contributed by atoms with E-state index < -0.39 is 0 Å². The molecule has 0 aliphatic carbocycles. The van der Waals surface area contributed by atoms with Gasteiger partial charge in [0.25, 0.3) is 0 Å². The van der Waals surface area contributed by atoms with Gasteiger partial charge in [0.15, 0.2) is 23.1 Å². The Bertz CT molecular complexity index is 1010. The molecular weight excluding hydrogens is 370 g/mol. The van der Waals surface area contributed by atoms with Crippen LogP contribution in [0.5, 0.6) is 0 Å². The standard InChI is InChI=1S/C20H21N7O2/c1-14-13-17(25-24-14)22-19-18(26-28)20(27-9-11-29-12-10-27)23-16(21-19)8-7-15-5-3-2-4-6-15/h2-8,13H,9-12H2,1H3,(H2,21,22,23,24,25)/b8-7+. The molecule has 29 heavy (non-hydrogen) atoms. The monoisotopic (exact) mass is 391 g/mol. The predicted octanol–water partition coefficient (Wildman–Crippen LogP) is 3.66. The van der Waals surface area contributed by atoms with Gasteiger partial charge < -0.3 is 15.0 Å². The summed E-state index contributed by atoms with van der Waals surface area (Å²) in [6.07, 6.45) is 3.74. The van der Waals surface area contributed by atoms with Crippen LogP contribution in [0, 0.1) is 11.8 Å². The number of hydrogen-bond acceptors (Lipinski definition) is 8. The molecule has 0 spiro atoms. The molecule has 0 amide bonds. The summed E-state index contributed by atoms with van der Waals surface area (Å²) in [6, 6.07) is 11.7. The number of anilines is 3. The van der Waals surface area contributed by atoms with Gasteiger partial charge in [0.05, 0.1) is 18.9 Å². The number of ether oxygens (including phenoxy) is 1. The van der Waals surface area contributed by atoms with Gasteiger partial charge in [-0.1, -0.05) is 36.4 Å². The second-order valence-corrected chi connectivity index (χ2v) is 6.59. The van der Waals surface area contributed by atoms with E-state index in [0.717, 1.165) is 11.3 Å². The normalized spacial score (nSPS) is 14.3. The lowest BCUT2D eigenvalue weighted by Gasteiger charge is -2.28. The highest BCUT2D eigenvalue weighted by atomic mass is 16.5. The van der Waals surface area contributed by atoms with E-state index in [4.69, 9.17) is 4.74 Å². The molecule has 148 valence electrons. The number of aromatic nitrogens is 4. The molecule has 4 rings (SSSR count). The van der Waals surface area contributed by atoms with Crippen molar-refractivity contribution in [1.29, 1.82) is 0 Å². The van der Waals surface area contributed by atoms with Crippen LogP contribution in [0.1, 0.15) is 17.1 Å². The number of nitrogens with one attached hydrogen (secondary N) is 2. The average Bonchev–Trinajstić information content (AvgIpc) is 3.18. The lowest BCUT2D eigenvalue weighted by atomic mass is 10.2. The van der Waals surface area contributed by atoms with Gasteiger partial charge in [-0.3, -0.25) is 5.10 Å². The fourth-order valence-corrected chi connectivity index (χ4v) is 3.05. The minimum Gasteiger partial charge on any atom is -0.378 e. The number of aryl methyl sites for hydroxylation is 1. The van der Waals surface area contributed by atoms with E-state index in [9.17, 15) is 4.91 Å². The molecule has 1 saturated heterocycles. The van der Waals surface area contributed by atoms with Crippen molar-refractivity contribution in [3.8, 4) is 0 Å². The molecule has 3 aromatic rings. The summed E-state index contributed by atoms with van der Waals surface area (Å²) in [6.45, 7) is 4.27. The molecule has 0 atom stereocenters. The number of nitrogens with zero attached hydrogens (tertiary/aromatic N) is 5. The van der Waals surface area contributed by atoms with Gasteiger partial charge in [-0.05, 0) is 23.7 Å². The Morgan fingerprint density at radius 3 is 2.66 bits per heavy atom. The van der Waals surface area contributed by atoms with Crippen LogP contribution in [0.3, 0.4) is 0 Å². The van der Waals surface area contributed by atoms with E-state index in [1.807, 2.05) is 60.4 Å². The first kappa shape index (κ1) is 18.8. The highest BCUT2D eigenvalue weighted by Gasteiger charge is 2.22. The van der Waals surface area contributed by atoms with Crippen molar-refractivity contribution in [3.05, 3.63) is 58.4 Å². The topological polar surface area (TPSA) is 108 Å². The fraction of sp³-hybridized carbons (Fsp3) is 0.250. The summed E-state index contributed by atoms with van der Waals surface area (Å²) in [7, 11) is 0. The van der Waals surface area contributed by atoms with Gasteiger partial charge in [-0.2, -0.15) is 5.10 Å². The molecule has 2 aromatic heterocycles. The van der Waals surface area contributed by atoms with E-state index in [2.05, 4.69) is 30.7 Å². The van der Waals surface area contributed by atoms with Gasteiger partial charge in [-0.25, -0.2) is 9.97 Å². The van der Waals surface area contributed by atoms with Gasteiger partial charge in [0, 0.05) is 19.2 Å². The quantitative estimate of drug-likeness (QED) is 0.617. The van der Waals surface area contributed by atoms with Crippen molar-refractivity contribution in [2.45, 2.75) is 6.92 Å². The van der Waals surface area contributed by atoms with E-state index >= 15 is 0 Å². The first-order valence-corrected chi connectivity index (χ1v) is 9.33. The Hall–Kier alpha value is -3.59. The maximum Gasteiger partial charge on any atom is 0.193 e. The van der Waals surface area contributed by atoms with Crippen LogP contribution in [0.2, 0.25) is 0 Å². The molecule has 1 aliphatic heterocycles. The van der Waals surface area contributed by atoms with Crippen molar-refractivity contribution >= 4 is 35.3 Å². The maximum atomic E-state index is 11.7. The van der Waals surface area contributed by atoms with Crippen LogP contribution in [0.25, 0.3) is 12.2 Å².